The van der Waals surface area contributed by atoms with E-state index >= 15 is 0 Å². The summed E-state index contributed by atoms with van der Waals surface area (Å²) in [4.78, 5) is 12.9. The third kappa shape index (κ3) is 4.74. The van der Waals surface area contributed by atoms with Gasteiger partial charge in [-0.3, -0.25) is 4.40 Å². The van der Waals surface area contributed by atoms with E-state index in [4.69, 9.17) is 5.73 Å². The number of imidazole rings is 1. The van der Waals surface area contributed by atoms with E-state index < -0.39 is 12.7 Å². The molecule has 4 rings (SSSR count). The molecule has 0 saturated carbocycles. The Kier molecular flexibility index (Phi) is 5.20. The summed E-state index contributed by atoms with van der Waals surface area (Å²) in [6.07, 6.45) is 2.34. The van der Waals surface area contributed by atoms with Gasteiger partial charge < -0.3 is 16.4 Å². The van der Waals surface area contributed by atoms with Gasteiger partial charge in [0.1, 0.15) is 12.2 Å². The van der Waals surface area contributed by atoms with Crippen LogP contribution >= 0.6 is 0 Å². The summed E-state index contributed by atoms with van der Waals surface area (Å²) in [6.45, 7) is 2.42. The molecule has 31 heavy (non-hydrogen) atoms. The van der Waals surface area contributed by atoms with Gasteiger partial charge in [-0.25, -0.2) is 15.0 Å². The number of aromatic nitrogens is 4. The normalized spacial score (nSPS) is 11.5. The lowest BCUT2D eigenvalue weighted by atomic mass is 10.1. The fourth-order valence-electron chi connectivity index (χ4n) is 3.00. The maximum absolute atomic E-state index is 12.4. The zero-order chi connectivity index (χ0) is 22.0. The van der Waals surface area contributed by atoms with Gasteiger partial charge in [-0.05, 0) is 24.3 Å². The van der Waals surface area contributed by atoms with Crippen molar-refractivity contribution in [2.45, 2.75) is 6.18 Å². The van der Waals surface area contributed by atoms with Gasteiger partial charge in [0.15, 0.2) is 5.82 Å². The average molecular weight is 425 g/mol. The molecule has 0 radical (unpaired) electrons. The van der Waals surface area contributed by atoms with Gasteiger partial charge >= 0.3 is 6.18 Å². The Labute approximate surface area is 175 Å². The molecule has 1 aromatic carbocycles. The second-order valence-corrected chi connectivity index (χ2v) is 6.78. The first-order valence-corrected chi connectivity index (χ1v) is 9.20. The lowest BCUT2D eigenvalue weighted by Gasteiger charge is -2.14. The van der Waals surface area contributed by atoms with E-state index in [2.05, 4.69) is 32.2 Å². The van der Waals surface area contributed by atoms with E-state index in [-0.39, 0.29) is 5.82 Å². The fourth-order valence-corrected chi connectivity index (χ4v) is 3.00. The van der Waals surface area contributed by atoms with Crippen LogP contribution in [-0.4, -0.2) is 32.1 Å². The van der Waals surface area contributed by atoms with Gasteiger partial charge in [-0.2, -0.15) is 13.2 Å². The molecule has 0 bridgehead atoms. The molecular weight excluding hydrogens is 407 g/mol. The van der Waals surface area contributed by atoms with Gasteiger partial charge in [-0.1, -0.05) is 18.7 Å². The summed E-state index contributed by atoms with van der Waals surface area (Å²) in [5, 5.41) is 5.05. The zero-order valence-electron chi connectivity index (χ0n) is 16.2. The van der Waals surface area contributed by atoms with Crippen LogP contribution in [0.15, 0.2) is 73.6 Å². The second-order valence-electron chi connectivity index (χ2n) is 6.78. The van der Waals surface area contributed by atoms with Crippen molar-refractivity contribution in [3.8, 4) is 22.6 Å². The number of pyridine rings is 1. The van der Waals surface area contributed by atoms with Gasteiger partial charge in [0.25, 0.3) is 0 Å². The van der Waals surface area contributed by atoms with Crippen LogP contribution in [0.1, 0.15) is 0 Å². The highest BCUT2D eigenvalue weighted by molar-refractivity contribution is 5.70. The molecule has 10 heteroatoms. The Morgan fingerprint density at radius 1 is 1.03 bits per heavy atom. The van der Waals surface area contributed by atoms with Crippen molar-refractivity contribution in [1.82, 2.24) is 24.7 Å². The van der Waals surface area contributed by atoms with Crippen molar-refractivity contribution in [2.24, 2.45) is 0 Å². The van der Waals surface area contributed by atoms with Crippen LogP contribution in [-0.2, 0) is 0 Å². The molecule has 4 N–H and O–H groups in total. The molecular formula is C21H18F3N7. The van der Waals surface area contributed by atoms with Gasteiger partial charge in [0.2, 0.25) is 0 Å². The van der Waals surface area contributed by atoms with Crippen LogP contribution in [0.3, 0.4) is 0 Å². The number of hydrogen-bond acceptors (Lipinski definition) is 6. The molecule has 0 amide bonds. The highest BCUT2D eigenvalue weighted by Gasteiger charge is 2.26. The van der Waals surface area contributed by atoms with Gasteiger partial charge in [0.05, 0.1) is 35.8 Å². The molecule has 0 aliphatic rings. The minimum absolute atomic E-state index is 0.0563. The molecule has 3 heterocycles. The molecule has 0 aliphatic carbocycles. The smallest absolute Gasteiger partial charge is 0.396 e. The third-order valence-electron chi connectivity index (χ3n) is 4.40. The van der Waals surface area contributed by atoms with Gasteiger partial charge in [-0.15, -0.1) is 0 Å². The Balaban J connectivity index is 1.57. The van der Waals surface area contributed by atoms with E-state index in [0.717, 1.165) is 16.8 Å². The number of hydrogen-bond donors (Lipinski definition) is 3. The lowest BCUT2D eigenvalue weighted by Crippen LogP contribution is -2.30. The number of anilines is 2. The number of nitrogen functional groups attached to an aromatic ring is 1. The minimum atomic E-state index is -4.32. The van der Waals surface area contributed by atoms with Crippen LogP contribution < -0.4 is 16.4 Å². The maximum Gasteiger partial charge on any atom is 0.405 e. The number of alkyl halides is 3. The van der Waals surface area contributed by atoms with E-state index in [1.165, 1.54) is 0 Å². The molecule has 0 aliphatic heterocycles. The van der Waals surface area contributed by atoms with Crippen molar-refractivity contribution < 1.29 is 13.2 Å². The summed E-state index contributed by atoms with van der Waals surface area (Å²) >= 11 is 0. The Hall–Kier alpha value is -4.08. The van der Waals surface area contributed by atoms with Crippen molar-refractivity contribution >= 4 is 17.0 Å². The lowest BCUT2D eigenvalue weighted by molar-refractivity contribution is -0.123. The third-order valence-corrected chi connectivity index (χ3v) is 4.40. The number of benzene rings is 1. The summed E-state index contributed by atoms with van der Waals surface area (Å²) in [5.41, 5.74) is 9.86. The highest BCUT2D eigenvalue weighted by atomic mass is 19.4. The standard InChI is InChI=1S/C21H18F3N7/c1-13(29-12-21(22,23)24)30-17-4-2-3-14(7-17)18-11-26-19-8-15(5-6-31(18)19)20-27-9-16(25)10-28-20/h2-11,29-30H,1,12,25H2. The molecule has 0 unspecified atom stereocenters. The minimum Gasteiger partial charge on any atom is -0.396 e. The van der Waals surface area contributed by atoms with E-state index in [1.807, 2.05) is 28.8 Å². The largest absolute Gasteiger partial charge is 0.405 e. The molecule has 3 aromatic heterocycles. The Bertz CT molecular complexity index is 1230. The Morgan fingerprint density at radius 3 is 2.55 bits per heavy atom. The van der Waals surface area contributed by atoms with Crippen LogP contribution in [0.4, 0.5) is 24.5 Å². The van der Waals surface area contributed by atoms with Crippen LogP contribution in [0, 0.1) is 0 Å². The van der Waals surface area contributed by atoms with E-state index in [9.17, 15) is 13.2 Å². The molecule has 0 saturated heterocycles. The van der Waals surface area contributed by atoms with Crippen LogP contribution in [0.2, 0.25) is 0 Å². The highest BCUT2D eigenvalue weighted by Crippen LogP contribution is 2.26. The molecule has 158 valence electrons. The van der Waals surface area contributed by atoms with Gasteiger partial charge in [0, 0.05) is 23.0 Å². The first-order valence-electron chi connectivity index (χ1n) is 9.20. The molecule has 7 nitrogen and oxygen atoms in total. The summed E-state index contributed by atoms with van der Waals surface area (Å²) in [5.74, 6) is 0.595. The number of nitrogens with one attached hydrogen (secondary N) is 2. The van der Waals surface area contributed by atoms with E-state index in [1.54, 1.807) is 36.8 Å². The average Bonchev–Trinajstić information content (AvgIpc) is 3.16. The number of nitrogens with two attached hydrogens (primary N) is 1. The predicted octanol–water partition coefficient (Wildman–Crippen LogP) is 4.08. The van der Waals surface area contributed by atoms with E-state index in [0.29, 0.717) is 22.8 Å². The summed E-state index contributed by atoms with van der Waals surface area (Å²) < 4.78 is 39.0. The van der Waals surface area contributed by atoms with Crippen molar-refractivity contribution in [3.63, 3.8) is 0 Å². The number of fused-ring (bicyclic) bond motifs is 1. The van der Waals surface area contributed by atoms with Crippen molar-refractivity contribution in [2.75, 3.05) is 17.6 Å². The first-order chi connectivity index (χ1) is 14.8. The number of halogens is 3. The molecule has 0 spiro atoms. The summed E-state index contributed by atoms with van der Waals surface area (Å²) in [6, 6.07) is 11.0. The van der Waals surface area contributed by atoms with Crippen molar-refractivity contribution in [3.05, 3.63) is 73.6 Å². The van der Waals surface area contributed by atoms with Crippen LogP contribution in [0.25, 0.3) is 28.3 Å². The summed E-state index contributed by atoms with van der Waals surface area (Å²) in [7, 11) is 0. The predicted molar refractivity (Wildman–Crippen MR) is 113 cm³/mol. The monoisotopic (exact) mass is 425 g/mol. The van der Waals surface area contributed by atoms with Crippen LogP contribution in [0.5, 0.6) is 0 Å². The molecule has 0 atom stereocenters. The number of nitrogens with zero attached hydrogens (tertiary/aromatic N) is 4. The molecule has 4 aromatic rings. The SMILES string of the molecule is C=C(NCC(F)(F)F)Nc1cccc(-c2cnc3cc(-c4ncc(N)cn4)ccn23)c1. The maximum atomic E-state index is 12.4. The van der Waals surface area contributed by atoms with Crippen molar-refractivity contribution in [1.29, 1.82) is 0 Å². The Morgan fingerprint density at radius 2 is 1.81 bits per heavy atom. The molecule has 0 fully saturated rings. The zero-order valence-corrected chi connectivity index (χ0v) is 16.2. The topological polar surface area (TPSA) is 93.2 Å². The second kappa shape index (κ2) is 7.98. The number of rotatable bonds is 6. The quantitative estimate of drug-likeness (QED) is 0.431. The fraction of sp³-hybridized carbons (Fsp3) is 0.0952. The first kappa shape index (κ1) is 20.2.